The molecule has 1 aromatic carbocycles. The maximum atomic E-state index is 12.3. The zero-order valence-electron chi connectivity index (χ0n) is 14.3. The van der Waals surface area contributed by atoms with E-state index in [-0.39, 0.29) is 5.97 Å². The predicted octanol–water partition coefficient (Wildman–Crippen LogP) is 1.32. The number of nitrogens with zero attached hydrogens (tertiary/aromatic N) is 4. The quantitative estimate of drug-likeness (QED) is 0.754. The third-order valence-electron chi connectivity index (χ3n) is 4.66. The summed E-state index contributed by atoms with van der Waals surface area (Å²) in [7, 11) is 3.00. The topological polar surface area (TPSA) is 57.6 Å². The van der Waals surface area contributed by atoms with Gasteiger partial charge in [-0.05, 0) is 12.0 Å². The molecule has 130 valence electrons. The average Bonchev–Trinajstić information content (AvgIpc) is 3.23. The lowest BCUT2D eigenvalue weighted by Crippen LogP contribution is -2.39. The monoisotopic (exact) mass is 340 g/mol. The van der Waals surface area contributed by atoms with E-state index in [1.54, 1.807) is 18.6 Å². The number of benzene rings is 1. The summed E-state index contributed by atoms with van der Waals surface area (Å²) in [6, 6.07) is 10.3. The van der Waals surface area contributed by atoms with Gasteiger partial charge in [-0.25, -0.2) is 9.79 Å². The molecule has 3 aliphatic heterocycles. The van der Waals surface area contributed by atoms with Crippen LogP contribution in [0.5, 0.6) is 0 Å². The van der Waals surface area contributed by atoms with Crippen LogP contribution in [0.2, 0.25) is 0 Å². The van der Waals surface area contributed by atoms with E-state index < -0.39 is 0 Å². The number of fused-ring (bicyclic) bond motifs is 3. The van der Waals surface area contributed by atoms with Crippen molar-refractivity contribution in [2.45, 2.75) is 6.42 Å². The van der Waals surface area contributed by atoms with E-state index in [1.165, 1.54) is 12.7 Å². The van der Waals surface area contributed by atoms with E-state index in [1.807, 2.05) is 23.1 Å². The summed E-state index contributed by atoms with van der Waals surface area (Å²) in [4.78, 5) is 24.2. The molecule has 1 fully saturated rings. The first-order valence-corrected chi connectivity index (χ1v) is 8.21. The summed E-state index contributed by atoms with van der Waals surface area (Å²) in [5, 5.41) is 3.79. The van der Waals surface area contributed by atoms with Crippen molar-refractivity contribution in [2.24, 2.45) is 4.99 Å². The van der Waals surface area contributed by atoms with E-state index in [2.05, 4.69) is 22.1 Å². The van der Waals surface area contributed by atoms with Gasteiger partial charge < -0.3 is 9.64 Å². The fourth-order valence-corrected chi connectivity index (χ4v) is 3.46. The molecule has 0 aromatic heterocycles. The average molecular weight is 340 g/mol. The first-order valence-electron chi connectivity index (χ1n) is 8.21. The fraction of sp³-hybridized carbons (Fsp3) is 0.333. The van der Waals surface area contributed by atoms with E-state index >= 15 is 0 Å². The lowest BCUT2D eigenvalue weighted by Gasteiger charge is -2.30. The molecule has 1 aromatic rings. The third kappa shape index (κ3) is 2.61. The standard InChI is InChI=1S/C18H20N4O3/c1-24-18(23)17-16-14(15-11-20(17)12-19-15)10-21(22(16)25-2)9-8-13-6-4-3-5-7-13/h3-7,12H,8-11H2,1-2H3. The normalized spacial score (nSPS) is 19.1. The maximum Gasteiger partial charge on any atom is 0.357 e. The summed E-state index contributed by atoms with van der Waals surface area (Å²) >= 11 is 0. The summed E-state index contributed by atoms with van der Waals surface area (Å²) in [5.41, 5.74) is 4.48. The molecule has 0 radical (unpaired) electrons. The second-order valence-corrected chi connectivity index (χ2v) is 6.07. The number of aliphatic imine (C=N–C) groups is 1. The maximum absolute atomic E-state index is 12.3. The van der Waals surface area contributed by atoms with Gasteiger partial charge in [-0.3, -0.25) is 4.84 Å². The molecule has 0 aliphatic carbocycles. The van der Waals surface area contributed by atoms with Crippen LogP contribution in [0.15, 0.2) is 58.0 Å². The van der Waals surface area contributed by atoms with Crippen LogP contribution in [0.4, 0.5) is 0 Å². The Morgan fingerprint density at radius 3 is 2.72 bits per heavy atom. The van der Waals surface area contributed by atoms with Crippen LogP contribution >= 0.6 is 0 Å². The van der Waals surface area contributed by atoms with Gasteiger partial charge in [0, 0.05) is 18.7 Å². The van der Waals surface area contributed by atoms with Gasteiger partial charge in [-0.15, -0.1) is 0 Å². The van der Waals surface area contributed by atoms with Crippen molar-refractivity contribution in [1.29, 1.82) is 0 Å². The van der Waals surface area contributed by atoms with Gasteiger partial charge in [0.05, 0.1) is 32.8 Å². The molecular formula is C18H20N4O3. The van der Waals surface area contributed by atoms with Gasteiger partial charge in [0.25, 0.3) is 0 Å². The van der Waals surface area contributed by atoms with Crippen molar-refractivity contribution < 1.29 is 14.4 Å². The lowest BCUT2D eigenvalue weighted by atomic mass is 10.1. The Kier molecular flexibility index (Phi) is 4.03. The molecule has 3 heterocycles. The van der Waals surface area contributed by atoms with Crippen LogP contribution < -0.4 is 0 Å². The molecular weight excluding hydrogens is 320 g/mol. The minimum atomic E-state index is -0.383. The highest BCUT2D eigenvalue weighted by atomic mass is 16.7. The highest BCUT2D eigenvalue weighted by molar-refractivity contribution is 5.94. The molecule has 7 nitrogen and oxygen atoms in total. The number of methoxy groups -OCH3 is 1. The molecule has 0 amide bonds. The Bertz CT molecular complexity index is 785. The molecule has 0 atom stereocenters. The summed E-state index contributed by atoms with van der Waals surface area (Å²) in [6.45, 7) is 2.04. The largest absolute Gasteiger partial charge is 0.464 e. The number of carbonyl (C=O) groups is 1. The Balaban J connectivity index is 1.65. The number of ether oxygens (including phenoxy) is 1. The number of rotatable bonds is 5. The minimum Gasteiger partial charge on any atom is -0.464 e. The first kappa shape index (κ1) is 15.9. The molecule has 7 heteroatoms. The molecule has 4 rings (SSSR count). The number of esters is 1. The summed E-state index contributed by atoms with van der Waals surface area (Å²) < 4.78 is 4.98. The summed E-state index contributed by atoms with van der Waals surface area (Å²) in [6.07, 6.45) is 2.57. The van der Waals surface area contributed by atoms with E-state index in [0.717, 1.165) is 29.9 Å². The van der Waals surface area contributed by atoms with Crippen LogP contribution in [0.3, 0.4) is 0 Å². The van der Waals surface area contributed by atoms with Gasteiger partial charge in [-0.2, -0.15) is 10.2 Å². The molecule has 0 saturated carbocycles. The van der Waals surface area contributed by atoms with Gasteiger partial charge in [0.1, 0.15) is 5.70 Å². The van der Waals surface area contributed by atoms with E-state index in [0.29, 0.717) is 18.8 Å². The molecule has 0 spiro atoms. The lowest BCUT2D eigenvalue weighted by molar-refractivity contribution is -0.222. The van der Waals surface area contributed by atoms with Gasteiger partial charge in [0.15, 0.2) is 5.70 Å². The van der Waals surface area contributed by atoms with Crippen molar-refractivity contribution in [3.63, 3.8) is 0 Å². The number of carbonyl (C=O) groups excluding carboxylic acids is 1. The molecule has 1 saturated heterocycles. The number of hydrazine groups is 1. The fourth-order valence-electron chi connectivity index (χ4n) is 3.46. The van der Waals surface area contributed by atoms with Crippen LogP contribution in [0.1, 0.15) is 5.56 Å². The molecule has 2 bridgehead atoms. The third-order valence-corrected chi connectivity index (χ3v) is 4.66. The van der Waals surface area contributed by atoms with Crippen molar-refractivity contribution in [3.8, 4) is 0 Å². The van der Waals surface area contributed by atoms with Crippen molar-refractivity contribution in [1.82, 2.24) is 15.1 Å². The summed E-state index contributed by atoms with van der Waals surface area (Å²) in [5.74, 6) is -0.383. The zero-order chi connectivity index (χ0) is 17.4. The van der Waals surface area contributed by atoms with Crippen molar-refractivity contribution in [3.05, 3.63) is 58.6 Å². The predicted molar refractivity (Wildman–Crippen MR) is 91.8 cm³/mol. The molecule has 3 aliphatic rings. The number of hydrogen-bond donors (Lipinski definition) is 0. The number of hydrogen-bond acceptors (Lipinski definition) is 7. The van der Waals surface area contributed by atoms with Crippen LogP contribution in [0, 0.1) is 0 Å². The van der Waals surface area contributed by atoms with Gasteiger partial charge in [-0.1, -0.05) is 30.3 Å². The van der Waals surface area contributed by atoms with E-state index in [9.17, 15) is 4.79 Å². The van der Waals surface area contributed by atoms with Gasteiger partial charge in [0.2, 0.25) is 0 Å². The zero-order valence-corrected chi connectivity index (χ0v) is 14.3. The molecule has 0 unspecified atom stereocenters. The molecule has 25 heavy (non-hydrogen) atoms. The first-order chi connectivity index (χ1) is 12.2. The smallest absolute Gasteiger partial charge is 0.357 e. The SMILES string of the molecule is COC(=O)C1=C2C(=C3CN1C=N3)CN(CCc1ccccc1)N2OC. The minimum absolute atomic E-state index is 0.383. The van der Waals surface area contributed by atoms with Crippen LogP contribution in [-0.2, 0) is 20.8 Å². The Morgan fingerprint density at radius 1 is 1.20 bits per heavy atom. The van der Waals surface area contributed by atoms with Crippen molar-refractivity contribution in [2.75, 3.05) is 33.9 Å². The highest BCUT2D eigenvalue weighted by Gasteiger charge is 2.43. The Labute approximate surface area is 146 Å². The second-order valence-electron chi connectivity index (χ2n) is 6.07. The molecule has 0 N–H and O–H groups in total. The second kappa shape index (κ2) is 6.34. The van der Waals surface area contributed by atoms with Crippen molar-refractivity contribution >= 4 is 12.3 Å². The van der Waals surface area contributed by atoms with Crippen LogP contribution in [0.25, 0.3) is 0 Å². The number of hydroxylamine groups is 1. The Hall–Kier alpha value is -2.64. The van der Waals surface area contributed by atoms with E-state index in [4.69, 9.17) is 9.57 Å². The van der Waals surface area contributed by atoms with Gasteiger partial charge >= 0.3 is 5.97 Å². The Morgan fingerprint density at radius 2 is 2.00 bits per heavy atom. The highest BCUT2D eigenvalue weighted by Crippen LogP contribution is 2.39. The van der Waals surface area contributed by atoms with Crippen LogP contribution in [-0.4, -0.2) is 61.2 Å².